The summed E-state index contributed by atoms with van der Waals surface area (Å²) in [4.78, 5) is 14.5. The minimum Gasteiger partial charge on any atom is -0.872 e. The standard InChI is InChI=1S/C15H13BrN2O3/c1-10(11-2-4-13(16)5-3-11)17-9-12-8-14(18(20)21)6-7-15(12)19/h2-10,19H,1H3/p-1/t10-/m1/s1. The number of non-ortho nitro benzene ring substituents is 1. The van der Waals surface area contributed by atoms with Crippen LogP contribution in [0.2, 0.25) is 0 Å². The molecule has 108 valence electrons. The Morgan fingerprint density at radius 1 is 1.24 bits per heavy atom. The molecule has 0 N–H and O–H groups in total. The summed E-state index contributed by atoms with van der Waals surface area (Å²) >= 11 is 3.36. The predicted octanol–water partition coefficient (Wildman–Crippen LogP) is 3.61. The molecule has 1 atom stereocenters. The lowest BCUT2D eigenvalue weighted by atomic mass is 10.1. The van der Waals surface area contributed by atoms with Gasteiger partial charge in [-0.2, -0.15) is 0 Å². The van der Waals surface area contributed by atoms with Gasteiger partial charge in [-0.3, -0.25) is 15.1 Å². The summed E-state index contributed by atoms with van der Waals surface area (Å²) in [7, 11) is 0. The predicted molar refractivity (Wildman–Crippen MR) is 82.7 cm³/mol. The first-order chi connectivity index (χ1) is 9.97. The first-order valence-corrected chi connectivity index (χ1v) is 7.01. The van der Waals surface area contributed by atoms with Gasteiger partial charge in [0.1, 0.15) is 0 Å². The Morgan fingerprint density at radius 2 is 1.90 bits per heavy atom. The molecule has 0 aliphatic rings. The van der Waals surface area contributed by atoms with Crippen LogP contribution in [0.5, 0.6) is 5.75 Å². The van der Waals surface area contributed by atoms with Crippen LogP contribution in [-0.4, -0.2) is 11.1 Å². The highest BCUT2D eigenvalue weighted by Gasteiger charge is 2.06. The zero-order valence-electron chi connectivity index (χ0n) is 11.2. The Balaban J connectivity index is 2.22. The molecule has 0 saturated heterocycles. The maximum Gasteiger partial charge on any atom is 0.270 e. The van der Waals surface area contributed by atoms with E-state index in [1.807, 2.05) is 31.2 Å². The highest BCUT2D eigenvalue weighted by molar-refractivity contribution is 9.10. The van der Waals surface area contributed by atoms with Gasteiger partial charge in [0, 0.05) is 22.8 Å². The van der Waals surface area contributed by atoms with Crippen LogP contribution in [0.3, 0.4) is 0 Å². The zero-order chi connectivity index (χ0) is 15.4. The molecule has 0 unspecified atom stereocenters. The van der Waals surface area contributed by atoms with Crippen LogP contribution < -0.4 is 5.11 Å². The summed E-state index contributed by atoms with van der Waals surface area (Å²) in [5.74, 6) is -0.285. The molecular weight excluding hydrogens is 336 g/mol. The molecule has 0 heterocycles. The van der Waals surface area contributed by atoms with Crippen molar-refractivity contribution in [2.24, 2.45) is 4.99 Å². The second kappa shape index (κ2) is 6.49. The molecule has 0 aliphatic carbocycles. The topological polar surface area (TPSA) is 78.6 Å². The smallest absolute Gasteiger partial charge is 0.270 e. The van der Waals surface area contributed by atoms with E-state index in [1.54, 1.807) is 0 Å². The Kier molecular flexibility index (Phi) is 4.70. The minimum absolute atomic E-state index is 0.118. The van der Waals surface area contributed by atoms with E-state index in [0.717, 1.165) is 10.0 Å². The Labute approximate surface area is 130 Å². The third kappa shape index (κ3) is 3.88. The molecule has 0 aromatic heterocycles. The molecule has 0 saturated carbocycles. The minimum atomic E-state index is -0.533. The summed E-state index contributed by atoms with van der Waals surface area (Å²) in [5.41, 5.74) is 1.09. The van der Waals surface area contributed by atoms with Crippen LogP contribution in [0, 0.1) is 10.1 Å². The van der Waals surface area contributed by atoms with Crippen molar-refractivity contribution < 1.29 is 10.0 Å². The number of hydrogen-bond donors (Lipinski definition) is 0. The average Bonchev–Trinajstić information content (AvgIpc) is 2.46. The van der Waals surface area contributed by atoms with Crippen LogP contribution in [-0.2, 0) is 0 Å². The first-order valence-electron chi connectivity index (χ1n) is 6.21. The molecule has 0 spiro atoms. The third-order valence-corrected chi connectivity index (χ3v) is 3.52. The van der Waals surface area contributed by atoms with Crippen LogP contribution in [0.25, 0.3) is 0 Å². The van der Waals surface area contributed by atoms with E-state index < -0.39 is 4.92 Å². The summed E-state index contributed by atoms with van der Waals surface area (Å²) in [6, 6.07) is 11.1. The number of nitro benzene ring substituents is 1. The zero-order valence-corrected chi connectivity index (χ0v) is 12.8. The van der Waals surface area contributed by atoms with Crippen molar-refractivity contribution in [3.05, 3.63) is 68.2 Å². The Bertz CT molecular complexity index is 684. The lowest BCUT2D eigenvalue weighted by Gasteiger charge is -2.10. The number of rotatable bonds is 4. The summed E-state index contributed by atoms with van der Waals surface area (Å²) in [6.45, 7) is 1.89. The molecule has 6 heteroatoms. The largest absolute Gasteiger partial charge is 0.872 e. The molecular formula is C15H12BrN2O3-. The van der Waals surface area contributed by atoms with Crippen molar-refractivity contribution in [3.8, 4) is 5.75 Å². The van der Waals surface area contributed by atoms with Gasteiger partial charge in [0.05, 0.1) is 11.0 Å². The van der Waals surface area contributed by atoms with Gasteiger partial charge in [0.2, 0.25) is 0 Å². The fourth-order valence-electron chi connectivity index (χ4n) is 1.77. The lowest BCUT2D eigenvalue weighted by molar-refractivity contribution is -0.385. The molecule has 2 rings (SSSR count). The van der Waals surface area contributed by atoms with Gasteiger partial charge in [-0.15, -0.1) is 0 Å². The van der Waals surface area contributed by atoms with Crippen LogP contribution in [0.1, 0.15) is 24.1 Å². The second-order valence-corrected chi connectivity index (χ2v) is 5.40. The van der Waals surface area contributed by atoms with Gasteiger partial charge in [-0.1, -0.05) is 39.9 Å². The Morgan fingerprint density at radius 3 is 2.52 bits per heavy atom. The van der Waals surface area contributed by atoms with E-state index >= 15 is 0 Å². The highest BCUT2D eigenvalue weighted by Crippen LogP contribution is 2.22. The van der Waals surface area contributed by atoms with Crippen LogP contribution in [0.15, 0.2) is 51.9 Å². The number of halogens is 1. The van der Waals surface area contributed by atoms with E-state index in [4.69, 9.17) is 0 Å². The van der Waals surface area contributed by atoms with Crippen molar-refractivity contribution in [2.75, 3.05) is 0 Å². The molecule has 0 aliphatic heterocycles. The molecule has 0 fully saturated rings. The molecule has 21 heavy (non-hydrogen) atoms. The van der Waals surface area contributed by atoms with E-state index in [1.165, 1.54) is 24.4 Å². The lowest BCUT2D eigenvalue weighted by Crippen LogP contribution is -1.99. The quantitative estimate of drug-likeness (QED) is 0.481. The third-order valence-electron chi connectivity index (χ3n) is 2.99. The van der Waals surface area contributed by atoms with Gasteiger partial charge in [-0.25, -0.2) is 0 Å². The van der Waals surface area contributed by atoms with Crippen LogP contribution in [0.4, 0.5) is 5.69 Å². The van der Waals surface area contributed by atoms with Gasteiger partial charge in [0.25, 0.3) is 5.69 Å². The molecule has 2 aromatic carbocycles. The van der Waals surface area contributed by atoms with E-state index in [2.05, 4.69) is 20.9 Å². The number of benzene rings is 2. The summed E-state index contributed by atoms with van der Waals surface area (Å²) < 4.78 is 0.975. The number of nitrogens with zero attached hydrogens (tertiary/aromatic N) is 2. The van der Waals surface area contributed by atoms with Crippen molar-refractivity contribution >= 4 is 27.8 Å². The van der Waals surface area contributed by atoms with Crippen molar-refractivity contribution in [1.29, 1.82) is 0 Å². The number of nitro groups is 1. The molecule has 0 amide bonds. The Hall–Kier alpha value is -2.21. The molecule has 0 bridgehead atoms. The summed E-state index contributed by atoms with van der Waals surface area (Å²) in [5, 5.41) is 22.4. The van der Waals surface area contributed by atoms with Gasteiger partial charge in [-0.05, 0) is 30.2 Å². The van der Waals surface area contributed by atoms with E-state index in [9.17, 15) is 15.2 Å². The van der Waals surface area contributed by atoms with Gasteiger partial charge < -0.3 is 5.11 Å². The fourth-order valence-corrected chi connectivity index (χ4v) is 2.03. The maximum absolute atomic E-state index is 11.7. The summed E-state index contributed by atoms with van der Waals surface area (Å²) in [6.07, 6.45) is 1.39. The number of aliphatic imine (C=N–C) groups is 1. The average molecular weight is 348 g/mol. The highest BCUT2D eigenvalue weighted by atomic mass is 79.9. The fraction of sp³-hybridized carbons (Fsp3) is 0.133. The molecule has 5 nitrogen and oxygen atoms in total. The molecule has 0 radical (unpaired) electrons. The monoisotopic (exact) mass is 347 g/mol. The van der Waals surface area contributed by atoms with Crippen molar-refractivity contribution in [1.82, 2.24) is 0 Å². The van der Waals surface area contributed by atoms with E-state index in [0.29, 0.717) is 0 Å². The first kappa shape index (κ1) is 15.2. The van der Waals surface area contributed by atoms with Crippen LogP contribution >= 0.6 is 15.9 Å². The van der Waals surface area contributed by atoms with Crippen molar-refractivity contribution in [3.63, 3.8) is 0 Å². The maximum atomic E-state index is 11.7. The number of hydrogen-bond acceptors (Lipinski definition) is 4. The van der Waals surface area contributed by atoms with Crippen molar-refractivity contribution in [2.45, 2.75) is 13.0 Å². The normalized spacial score (nSPS) is 12.5. The second-order valence-electron chi connectivity index (χ2n) is 4.48. The SMILES string of the molecule is C[C@@H](N=Cc1cc([N+](=O)[O-])ccc1[O-])c1ccc(Br)cc1. The van der Waals surface area contributed by atoms with Gasteiger partial charge >= 0.3 is 0 Å². The molecule has 2 aromatic rings. The van der Waals surface area contributed by atoms with Gasteiger partial charge in [0.15, 0.2) is 0 Å². The van der Waals surface area contributed by atoms with E-state index in [-0.39, 0.29) is 23.0 Å².